The molecule has 0 aliphatic carbocycles. The van der Waals surface area contributed by atoms with Gasteiger partial charge in [0.2, 0.25) is 23.6 Å². The molecule has 4 unspecified atom stereocenters. The van der Waals surface area contributed by atoms with Crippen LogP contribution in [-0.2, 0) is 28.8 Å². The van der Waals surface area contributed by atoms with Crippen molar-refractivity contribution >= 4 is 35.6 Å². The summed E-state index contributed by atoms with van der Waals surface area (Å²) in [5.74, 6) is -6.28. The van der Waals surface area contributed by atoms with E-state index in [1.165, 1.54) is 6.92 Å². The largest absolute Gasteiger partial charge is 0.481 e. The Labute approximate surface area is 171 Å². The van der Waals surface area contributed by atoms with Crippen molar-refractivity contribution in [1.82, 2.24) is 16.0 Å². The maximum atomic E-state index is 12.4. The van der Waals surface area contributed by atoms with Crippen LogP contribution in [0.25, 0.3) is 0 Å². The van der Waals surface area contributed by atoms with Crippen LogP contribution in [0.4, 0.5) is 0 Å². The van der Waals surface area contributed by atoms with Gasteiger partial charge < -0.3 is 42.7 Å². The van der Waals surface area contributed by atoms with Crippen molar-refractivity contribution < 1.29 is 44.1 Å². The topological polar surface area (TPSA) is 251 Å². The summed E-state index contributed by atoms with van der Waals surface area (Å²) < 4.78 is 0. The second kappa shape index (κ2) is 13.1. The van der Waals surface area contributed by atoms with Crippen molar-refractivity contribution in [3.05, 3.63) is 0 Å². The Morgan fingerprint density at radius 2 is 1.27 bits per heavy atom. The molecule has 0 heterocycles. The van der Waals surface area contributed by atoms with E-state index < -0.39 is 79.2 Å². The Balaban J connectivity index is 5.18. The van der Waals surface area contributed by atoms with Gasteiger partial charge in [0.1, 0.15) is 18.1 Å². The molecule has 0 rings (SSSR count). The van der Waals surface area contributed by atoms with Crippen molar-refractivity contribution in [1.29, 1.82) is 0 Å². The van der Waals surface area contributed by atoms with Crippen LogP contribution in [0.2, 0.25) is 0 Å². The van der Waals surface area contributed by atoms with Gasteiger partial charge in [-0.15, -0.1) is 0 Å². The van der Waals surface area contributed by atoms with Gasteiger partial charge in [-0.1, -0.05) is 0 Å². The van der Waals surface area contributed by atoms with E-state index in [1.807, 2.05) is 5.32 Å². The third-order valence-electron chi connectivity index (χ3n) is 3.80. The maximum Gasteiger partial charge on any atom is 0.326 e. The Morgan fingerprint density at radius 3 is 1.70 bits per heavy atom. The zero-order valence-corrected chi connectivity index (χ0v) is 16.3. The fraction of sp³-hybridized carbons (Fsp3) is 0.625. The molecular weight excluding hydrogens is 406 g/mol. The molecule has 14 nitrogen and oxygen atoms in total. The number of rotatable bonds is 14. The number of carboxylic acids is 2. The normalized spacial score (nSPS) is 14.5. The number of carbonyl (C=O) groups excluding carboxylic acids is 4. The number of aliphatic hydroxyl groups excluding tert-OH is 1. The molecule has 0 radical (unpaired) electrons. The molecule has 0 aliphatic rings. The Bertz CT molecular complexity index is 667. The molecule has 0 spiro atoms. The van der Waals surface area contributed by atoms with E-state index in [4.69, 9.17) is 21.7 Å². The number of aliphatic carboxylic acids is 2. The Hall–Kier alpha value is -3.26. The number of carbonyl (C=O) groups is 6. The average Bonchev–Trinajstić information content (AvgIpc) is 2.64. The van der Waals surface area contributed by atoms with E-state index in [0.29, 0.717) is 0 Å². The lowest BCUT2D eigenvalue weighted by atomic mass is 10.1. The molecule has 4 amide bonds. The molecule has 0 aromatic heterocycles. The summed E-state index contributed by atoms with van der Waals surface area (Å²) in [5.41, 5.74) is 10.4. The first kappa shape index (κ1) is 26.7. The molecule has 30 heavy (non-hydrogen) atoms. The molecule has 4 atom stereocenters. The van der Waals surface area contributed by atoms with Gasteiger partial charge in [0.15, 0.2) is 0 Å². The standard InChI is InChI=1S/C16H27N5O9/c1-7(17)13(26)19-8(2-4-11(18)23)14(27)21-10(6-22)15(28)20-9(16(29)30)3-5-12(24)25/h7-10,22H,2-6,17H2,1H3,(H2,18,23)(H,19,26)(H,20,28)(H,21,27)(H,24,25)(H,29,30). The third-order valence-corrected chi connectivity index (χ3v) is 3.80. The number of hydrogen-bond acceptors (Lipinski definition) is 8. The minimum absolute atomic E-state index is 0.213. The van der Waals surface area contributed by atoms with E-state index in [9.17, 15) is 33.9 Å². The van der Waals surface area contributed by atoms with Crippen LogP contribution < -0.4 is 27.4 Å². The molecule has 0 fully saturated rings. The molecule has 0 aliphatic heterocycles. The fourth-order valence-electron chi connectivity index (χ4n) is 2.12. The van der Waals surface area contributed by atoms with Gasteiger partial charge in [0.05, 0.1) is 12.6 Å². The number of nitrogens with two attached hydrogens (primary N) is 2. The number of hydrogen-bond donors (Lipinski definition) is 8. The van der Waals surface area contributed by atoms with E-state index in [1.54, 1.807) is 0 Å². The van der Waals surface area contributed by atoms with Gasteiger partial charge in [0.25, 0.3) is 0 Å². The smallest absolute Gasteiger partial charge is 0.326 e. The molecule has 0 saturated carbocycles. The first-order chi connectivity index (χ1) is 13.9. The van der Waals surface area contributed by atoms with Crippen LogP contribution in [0.15, 0.2) is 0 Å². The number of carboxylic acid groups (broad SMARTS) is 2. The van der Waals surface area contributed by atoms with Crippen molar-refractivity contribution in [2.75, 3.05) is 6.61 Å². The average molecular weight is 433 g/mol. The van der Waals surface area contributed by atoms with Crippen molar-refractivity contribution in [3.63, 3.8) is 0 Å². The lowest BCUT2D eigenvalue weighted by molar-refractivity contribution is -0.143. The summed E-state index contributed by atoms with van der Waals surface area (Å²) >= 11 is 0. The van der Waals surface area contributed by atoms with Crippen LogP contribution >= 0.6 is 0 Å². The number of nitrogens with one attached hydrogen (secondary N) is 3. The molecule has 0 aromatic carbocycles. The summed E-state index contributed by atoms with van der Waals surface area (Å²) in [4.78, 5) is 69.1. The van der Waals surface area contributed by atoms with Gasteiger partial charge in [-0.05, 0) is 19.8 Å². The number of aliphatic hydroxyl groups is 1. The van der Waals surface area contributed by atoms with Crippen LogP contribution in [0.1, 0.15) is 32.6 Å². The zero-order chi connectivity index (χ0) is 23.4. The van der Waals surface area contributed by atoms with Gasteiger partial charge in [-0.3, -0.25) is 24.0 Å². The SMILES string of the molecule is CC(N)C(=O)NC(CCC(N)=O)C(=O)NC(CO)C(=O)NC(CCC(=O)O)C(=O)O. The van der Waals surface area contributed by atoms with E-state index in [-0.39, 0.29) is 12.8 Å². The lowest BCUT2D eigenvalue weighted by Gasteiger charge is -2.23. The lowest BCUT2D eigenvalue weighted by Crippen LogP contribution is -2.58. The van der Waals surface area contributed by atoms with Gasteiger partial charge in [0, 0.05) is 12.8 Å². The first-order valence-electron chi connectivity index (χ1n) is 8.89. The van der Waals surface area contributed by atoms with Gasteiger partial charge >= 0.3 is 11.9 Å². The molecule has 0 saturated heterocycles. The summed E-state index contributed by atoms with van der Waals surface area (Å²) in [6, 6.07) is -5.45. The highest BCUT2D eigenvalue weighted by Gasteiger charge is 2.30. The predicted octanol–water partition coefficient (Wildman–Crippen LogP) is -4.00. The zero-order valence-electron chi connectivity index (χ0n) is 16.3. The minimum Gasteiger partial charge on any atom is -0.481 e. The van der Waals surface area contributed by atoms with Crippen LogP contribution in [-0.4, -0.2) is 81.7 Å². The highest BCUT2D eigenvalue weighted by atomic mass is 16.4. The van der Waals surface area contributed by atoms with Gasteiger partial charge in [-0.2, -0.15) is 0 Å². The summed E-state index contributed by atoms with van der Waals surface area (Å²) in [5, 5.41) is 33.5. The minimum atomic E-state index is -1.60. The van der Waals surface area contributed by atoms with Crippen molar-refractivity contribution in [2.24, 2.45) is 11.5 Å². The second-order valence-electron chi connectivity index (χ2n) is 6.43. The number of primary amides is 1. The van der Waals surface area contributed by atoms with Gasteiger partial charge in [-0.25, -0.2) is 4.79 Å². The monoisotopic (exact) mass is 433 g/mol. The highest BCUT2D eigenvalue weighted by Crippen LogP contribution is 2.02. The second-order valence-corrected chi connectivity index (χ2v) is 6.43. The molecular formula is C16H27N5O9. The van der Waals surface area contributed by atoms with Crippen molar-refractivity contribution in [2.45, 2.75) is 56.8 Å². The highest BCUT2D eigenvalue weighted by molar-refractivity contribution is 5.94. The molecule has 0 aromatic rings. The molecule has 170 valence electrons. The quantitative estimate of drug-likeness (QED) is 0.132. The number of amides is 4. The van der Waals surface area contributed by atoms with E-state index in [2.05, 4.69) is 10.6 Å². The van der Waals surface area contributed by atoms with Crippen LogP contribution in [0.3, 0.4) is 0 Å². The van der Waals surface area contributed by atoms with Crippen LogP contribution in [0, 0.1) is 0 Å². The Kier molecular flexibility index (Phi) is 11.6. The molecule has 10 N–H and O–H groups in total. The van der Waals surface area contributed by atoms with E-state index >= 15 is 0 Å². The Morgan fingerprint density at radius 1 is 0.800 bits per heavy atom. The fourth-order valence-corrected chi connectivity index (χ4v) is 2.12. The van der Waals surface area contributed by atoms with Crippen molar-refractivity contribution in [3.8, 4) is 0 Å². The van der Waals surface area contributed by atoms with E-state index in [0.717, 1.165) is 0 Å². The predicted molar refractivity (Wildman–Crippen MR) is 99.5 cm³/mol. The third kappa shape index (κ3) is 10.3. The molecule has 14 heteroatoms. The summed E-state index contributed by atoms with van der Waals surface area (Å²) in [6.45, 7) is 0.429. The molecule has 0 bridgehead atoms. The maximum absolute atomic E-state index is 12.4. The first-order valence-corrected chi connectivity index (χ1v) is 8.89. The summed E-state index contributed by atoms with van der Waals surface area (Å²) in [7, 11) is 0. The summed E-state index contributed by atoms with van der Waals surface area (Å²) in [6.07, 6.45) is -1.45. The van der Waals surface area contributed by atoms with Crippen LogP contribution in [0.5, 0.6) is 0 Å².